The van der Waals surface area contributed by atoms with E-state index in [2.05, 4.69) is 15.6 Å². The van der Waals surface area contributed by atoms with E-state index in [-0.39, 0.29) is 24.8 Å². The Morgan fingerprint density at radius 2 is 1.77 bits per heavy atom. The lowest BCUT2D eigenvalue weighted by Gasteiger charge is -2.07. The van der Waals surface area contributed by atoms with Crippen molar-refractivity contribution in [1.29, 1.82) is 0 Å². The summed E-state index contributed by atoms with van der Waals surface area (Å²) in [6, 6.07) is 15.0. The Bertz CT molecular complexity index is 1010. The third kappa shape index (κ3) is 6.61. The predicted octanol–water partition coefficient (Wildman–Crippen LogP) is 4.06. The number of aryl methyl sites for hydroxylation is 1. The van der Waals surface area contributed by atoms with Gasteiger partial charge in [-0.25, -0.2) is 4.98 Å². The minimum absolute atomic E-state index is 0.0646. The highest BCUT2D eigenvalue weighted by Crippen LogP contribution is 2.30. The second-order valence-corrected chi connectivity index (χ2v) is 7.45. The summed E-state index contributed by atoms with van der Waals surface area (Å²) in [7, 11) is 0. The average molecular weight is 446 g/mol. The van der Waals surface area contributed by atoms with E-state index in [9.17, 15) is 9.59 Å². The molecule has 0 spiro atoms. The van der Waals surface area contributed by atoms with Crippen LogP contribution in [0.1, 0.15) is 17.9 Å². The van der Waals surface area contributed by atoms with Crippen molar-refractivity contribution in [3.63, 3.8) is 0 Å². The number of hydrogen-bond acceptors (Lipinski definition) is 4. The van der Waals surface area contributed by atoms with E-state index < -0.39 is 0 Å². The summed E-state index contributed by atoms with van der Waals surface area (Å²) >= 11 is 12.1. The van der Waals surface area contributed by atoms with Crippen molar-refractivity contribution < 1.29 is 14.0 Å². The van der Waals surface area contributed by atoms with Crippen molar-refractivity contribution in [2.24, 2.45) is 0 Å². The van der Waals surface area contributed by atoms with E-state index in [1.54, 1.807) is 24.4 Å². The van der Waals surface area contributed by atoms with Crippen LogP contribution in [0.5, 0.6) is 0 Å². The maximum absolute atomic E-state index is 12.0. The van der Waals surface area contributed by atoms with Gasteiger partial charge in [0.1, 0.15) is 0 Å². The number of rotatable bonds is 9. The molecule has 3 aromatic rings. The molecule has 2 N–H and O–H groups in total. The van der Waals surface area contributed by atoms with Crippen LogP contribution in [0.4, 0.5) is 0 Å². The van der Waals surface area contributed by atoms with Gasteiger partial charge in [-0.15, -0.1) is 0 Å². The Balaban J connectivity index is 1.37. The molecule has 0 atom stereocenters. The molecule has 0 unspecified atom stereocenters. The van der Waals surface area contributed by atoms with Crippen LogP contribution in [0.3, 0.4) is 0 Å². The summed E-state index contributed by atoms with van der Waals surface area (Å²) in [6.45, 7) is 0.454. The zero-order valence-corrected chi connectivity index (χ0v) is 17.7. The van der Waals surface area contributed by atoms with Crippen LogP contribution < -0.4 is 10.6 Å². The molecule has 0 saturated heterocycles. The second kappa shape index (κ2) is 10.8. The summed E-state index contributed by atoms with van der Waals surface area (Å²) in [5, 5.41) is 6.37. The highest BCUT2D eigenvalue weighted by molar-refractivity contribution is 6.36. The molecule has 2 aromatic carbocycles. The van der Waals surface area contributed by atoms with Crippen molar-refractivity contribution in [1.82, 2.24) is 15.6 Å². The van der Waals surface area contributed by atoms with Crippen molar-refractivity contribution in [3.8, 4) is 11.3 Å². The van der Waals surface area contributed by atoms with Gasteiger partial charge in [-0.1, -0.05) is 53.5 Å². The first kappa shape index (κ1) is 21.9. The molecule has 8 heteroatoms. The van der Waals surface area contributed by atoms with Crippen molar-refractivity contribution in [2.75, 3.05) is 13.1 Å². The van der Waals surface area contributed by atoms with Crippen LogP contribution in [0.15, 0.2) is 59.1 Å². The zero-order chi connectivity index (χ0) is 21.3. The maximum Gasteiger partial charge on any atom is 0.239 e. The van der Waals surface area contributed by atoms with E-state index in [1.807, 2.05) is 30.3 Å². The molecule has 1 heterocycles. The Kier molecular flexibility index (Phi) is 7.88. The minimum Gasteiger partial charge on any atom is -0.441 e. The van der Waals surface area contributed by atoms with Gasteiger partial charge in [-0.05, 0) is 30.2 Å². The monoisotopic (exact) mass is 445 g/mol. The topological polar surface area (TPSA) is 84.2 Å². The lowest BCUT2D eigenvalue weighted by molar-refractivity contribution is -0.126. The smallest absolute Gasteiger partial charge is 0.239 e. The van der Waals surface area contributed by atoms with E-state index in [4.69, 9.17) is 27.6 Å². The fraction of sp³-hybridized carbons (Fsp3) is 0.227. The van der Waals surface area contributed by atoms with Crippen molar-refractivity contribution in [3.05, 3.63) is 76.2 Å². The lowest BCUT2D eigenvalue weighted by atomic mass is 10.1. The first-order chi connectivity index (χ1) is 14.5. The Morgan fingerprint density at radius 3 is 2.53 bits per heavy atom. The highest BCUT2D eigenvalue weighted by atomic mass is 35.5. The number of nitrogens with one attached hydrogen (secondary N) is 2. The molecule has 0 aliphatic rings. The molecule has 156 valence electrons. The number of oxazole rings is 1. The molecular weight excluding hydrogens is 425 g/mol. The Morgan fingerprint density at radius 1 is 0.967 bits per heavy atom. The molecule has 6 nitrogen and oxygen atoms in total. The van der Waals surface area contributed by atoms with Gasteiger partial charge >= 0.3 is 0 Å². The second-order valence-electron chi connectivity index (χ2n) is 6.60. The van der Waals surface area contributed by atoms with Gasteiger partial charge in [-0.2, -0.15) is 0 Å². The number of nitrogens with zero attached hydrogens (tertiary/aromatic N) is 1. The van der Waals surface area contributed by atoms with E-state index in [0.29, 0.717) is 40.2 Å². The molecule has 1 aromatic heterocycles. The first-order valence-corrected chi connectivity index (χ1v) is 10.2. The zero-order valence-electron chi connectivity index (χ0n) is 16.2. The predicted molar refractivity (Wildman–Crippen MR) is 116 cm³/mol. The van der Waals surface area contributed by atoms with Gasteiger partial charge in [0.15, 0.2) is 11.7 Å². The number of benzene rings is 2. The van der Waals surface area contributed by atoms with Gasteiger partial charge in [0.2, 0.25) is 11.8 Å². The van der Waals surface area contributed by atoms with E-state index in [0.717, 1.165) is 12.0 Å². The van der Waals surface area contributed by atoms with Gasteiger partial charge in [0.25, 0.3) is 0 Å². The fourth-order valence-electron chi connectivity index (χ4n) is 2.78. The van der Waals surface area contributed by atoms with Crippen molar-refractivity contribution in [2.45, 2.75) is 19.3 Å². The van der Waals surface area contributed by atoms with Gasteiger partial charge in [0, 0.05) is 30.0 Å². The normalized spacial score (nSPS) is 10.6. The highest BCUT2D eigenvalue weighted by Gasteiger charge is 2.12. The number of hydrogen-bond donors (Lipinski definition) is 2. The molecular formula is C22H21Cl2N3O3. The number of halogens is 2. The van der Waals surface area contributed by atoms with Crippen LogP contribution >= 0.6 is 23.2 Å². The maximum atomic E-state index is 12.0. The molecule has 0 bridgehead atoms. The van der Waals surface area contributed by atoms with E-state index >= 15 is 0 Å². The number of carbonyl (C=O) groups excluding carboxylic acids is 2. The standard InChI is InChI=1S/C22H21Cl2N3O3/c23-16-6-7-17(18(24)12-16)19-13-27-22(30-19)9-8-20(28)26-14-21(29)25-11-10-15-4-2-1-3-5-15/h1-7,12-13H,8-11,14H2,(H,25,29)(H,26,28). The molecule has 30 heavy (non-hydrogen) atoms. The quantitative estimate of drug-likeness (QED) is 0.520. The van der Waals surface area contributed by atoms with Gasteiger partial charge in [0.05, 0.1) is 17.8 Å². The van der Waals surface area contributed by atoms with Crippen molar-refractivity contribution >= 4 is 35.0 Å². The van der Waals surface area contributed by atoms with Gasteiger partial charge in [-0.3, -0.25) is 9.59 Å². The average Bonchev–Trinajstić information content (AvgIpc) is 3.20. The third-order valence-electron chi connectivity index (χ3n) is 4.34. The fourth-order valence-corrected chi connectivity index (χ4v) is 3.28. The third-order valence-corrected chi connectivity index (χ3v) is 4.89. The summed E-state index contributed by atoms with van der Waals surface area (Å²) in [4.78, 5) is 28.0. The molecule has 0 aliphatic carbocycles. The number of amides is 2. The molecule has 0 radical (unpaired) electrons. The number of aromatic nitrogens is 1. The van der Waals surface area contributed by atoms with Crippen LogP contribution in [-0.4, -0.2) is 29.9 Å². The minimum atomic E-state index is -0.252. The number of carbonyl (C=O) groups is 2. The van der Waals surface area contributed by atoms with Crippen LogP contribution in [0, 0.1) is 0 Å². The molecule has 0 saturated carbocycles. The van der Waals surface area contributed by atoms with E-state index in [1.165, 1.54) is 0 Å². The van der Waals surface area contributed by atoms with Crippen LogP contribution in [0.2, 0.25) is 10.0 Å². The van der Waals surface area contributed by atoms with Crippen LogP contribution in [-0.2, 0) is 22.4 Å². The SMILES string of the molecule is O=C(CCc1ncc(-c2ccc(Cl)cc2Cl)o1)NCC(=O)NCCc1ccccc1. The lowest BCUT2D eigenvalue weighted by Crippen LogP contribution is -2.37. The van der Waals surface area contributed by atoms with Gasteiger partial charge < -0.3 is 15.1 Å². The summed E-state index contributed by atoms with van der Waals surface area (Å²) in [6.07, 6.45) is 2.77. The Labute approximate surface area is 184 Å². The Hall–Kier alpha value is -2.83. The largest absolute Gasteiger partial charge is 0.441 e. The molecule has 0 aliphatic heterocycles. The summed E-state index contributed by atoms with van der Waals surface area (Å²) in [5.41, 5.74) is 1.82. The molecule has 3 rings (SSSR count). The van der Waals surface area contributed by atoms with Crippen LogP contribution in [0.25, 0.3) is 11.3 Å². The molecule has 0 fully saturated rings. The summed E-state index contributed by atoms with van der Waals surface area (Å²) in [5.74, 6) is 0.441. The summed E-state index contributed by atoms with van der Waals surface area (Å²) < 4.78 is 5.66. The first-order valence-electron chi connectivity index (χ1n) is 9.48. The molecule has 2 amide bonds.